The van der Waals surface area contributed by atoms with Gasteiger partial charge in [0, 0.05) is 12.1 Å². The number of nitrogens with two attached hydrogens (primary N) is 1. The van der Waals surface area contributed by atoms with Crippen LogP contribution in [0.2, 0.25) is 0 Å². The molecule has 2 nitrogen and oxygen atoms in total. The molecule has 15 heavy (non-hydrogen) atoms. The first-order chi connectivity index (χ1) is 6.91. The van der Waals surface area contributed by atoms with E-state index < -0.39 is 23.4 Å². The van der Waals surface area contributed by atoms with Crippen molar-refractivity contribution in [2.24, 2.45) is 5.73 Å². The number of alkyl halides is 2. The Labute approximate surface area is 85.5 Å². The fourth-order valence-electron chi connectivity index (χ4n) is 1.22. The molecule has 1 aromatic carbocycles. The van der Waals surface area contributed by atoms with E-state index in [4.69, 9.17) is 10.8 Å². The van der Waals surface area contributed by atoms with Crippen LogP contribution in [0.1, 0.15) is 18.1 Å². The smallest absolute Gasteiger partial charge is 0.301 e. The topological polar surface area (TPSA) is 46.2 Å². The Bertz CT molecular complexity index is 353. The molecule has 0 aliphatic carbocycles. The van der Waals surface area contributed by atoms with Crippen molar-refractivity contribution >= 4 is 0 Å². The van der Waals surface area contributed by atoms with E-state index in [0.29, 0.717) is 0 Å². The average molecular weight is 219 g/mol. The molecule has 0 aliphatic heterocycles. The molecule has 0 fully saturated rings. The van der Waals surface area contributed by atoms with Crippen LogP contribution in [0.25, 0.3) is 0 Å². The Kier molecular flexibility index (Phi) is 3.36. The van der Waals surface area contributed by atoms with E-state index in [-0.39, 0.29) is 12.1 Å². The van der Waals surface area contributed by atoms with E-state index in [0.717, 1.165) is 13.0 Å². The molecule has 0 amide bonds. The molecule has 0 aliphatic rings. The molecule has 84 valence electrons. The number of rotatable bonds is 3. The Balaban J connectivity index is 3.26. The van der Waals surface area contributed by atoms with Gasteiger partial charge in [0.25, 0.3) is 0 Å². The third kappa shape index (κ3) is 2.13. The maximum Gasteiger partial charge on any atom is 0.301 e. The van der Waals surface area contributed by atoms with Crippen LogP contribution >= 0.6 is 0 Å². The van der Waals surface area contributed by atoms with Crippen LogP contribution in [-0.4, -0.2) is 11.2 Å². The van der Waals surface area contributed by atoms with Crippen LogP contribution in [0.15, 0.2) is 18.2 Å². The minimum absolute atomic E-state index is 0.00725. The highest BCUT2D eigenvalue weighted by atomic mass is 19.3. The van der Waals surface area contributed by atoms with Gasteiger partial charge >= 0.3 is 5.92 Å². The highest BCUT2D eigenvalue weighted by molar-refractivity contribution is 5.29. The molecule has 5 heteroatoms. The largest absolute Gasteiger partial charge is 0.387 e. The molecule has 0 heterocycles. The van der Waals surface area contributed by atoms with E-state index >= 15 is 0 Å². The number of benzene rings is 1. The molecule has 0 bridgehead atoms. The van der Waals surface area contributed by atoms with Gasteiger partial charge in [0.2, 0.25) is 0 Å². The molecule has 0 radical (unpaired) electrons. The molecular weight excluding hydrogens is 207 g/mol. The number of aliphatic hydroxyl groups excluding tert-OH is 1. The summed E-state index contributed by atoms with van der Waals surface area (Å²) in [6, 6.07) is 3.56. The molecule has 0 spiro atoms. The molecule has 0 saturated heterocycles. The summed E-state index contributed by atoms with van der Waals surface area (Å²) in [5, 5.41) is 8.87. The fourth-order valence-corrected chi connectivity index (χ4v) is 1.22. The summed E-state index contributed by atoms with van der Waals surface area (Å²) < 4.78 is 40.1. The van der Waals surface area contributed by atoms with Crippen molar-refractivity contribution in [3.05, 3.63) is 35.1 Å². The zero-order valence-corrected chi connectivity index (χ0v) is 8.17. The lowest BCUT2D eigenvalue weighted by molar-refractivity contribution is -0.108. The van der Waals surface area contributed by atoms with Crippen LogP contribution in [-0.2, 0) is 12.5 Å². The highest BCUT2D eigenvalue weighted by Crippen LogP contribution is 2.34. The van der Waals surface area contributed by atoms with Gasteiger partial charge in [-0.3, -0.25) is 0 Å². The quantitative estimate of drug-likeness (QED) is 0.813. The lowest BCUT2D eigenvalue weighted by Crippen LogP contribution is -2.29. The lowest BCUT2D eigenvalue weighted by Gasteiger charge is -2.21. The van der Waals surface area contributed by atoms with E-state index in [1.165, 1.54) is 12.1 Å². The molecule has 1 atom stereocenters. The number of aliphatic hydroxyl groups is 1. The van der Waals surface area contributed by atoms with Gasteiger partial charge in [-0.2, -0.15) is 8.78 Å². The first-order valence-corrected chi connectivity index (χ1v) is 4.45. The van der Waals surface area contributed by atoms with Crippen molar-refractivity contribution in [1.29, 1.82) is 0 Å². The monoisotopic (exact) mass is 219 g/mol. The Morgan fingerprint density at radius 3 is 2.53 bits per heavy atom. The molecule has 1 unspecified atom stereocenters. The van der Waals surface area contributed by atoms with Gasteiger partial charge in [0.15, 0.2) is 0 Å². The van der Waals surface area contributed by atoms with Crippen molar-refractivity contribution in [1.82, 2.24) is 0 Å². The Morgan fingerprint density at radius 2 is 2.07 bits per heavy atom. The maximum absolute atomic E-state index is 13.5. The van der Waals surface area contributed by atoms with E-state index in [9.17, 15) is 13.2 Å². The molecular formula is C10H12F3NO. The normalized spacial score (nSPS) is 14.0. The summed E-state index contributed by atoms with van der Waals surface area (Å²) in [7, 11) is 0. The summed E-state index contributed by atoms with van der Waals surface area (Å²) in [4.78, 5) is 0. The highest BCUT2D eigenvalue weighted by Gasteiger charge is 2.40. The summed E-state index contributed by atoms with van der Waals surface area (Å²) in [6.45, 7) is 0.754. The van der Waals surface area contributed by atoms with Crippen molar-refractivity contribution < 1.29 is 18.3 Å². The predicted octanol–water partition coefficient (Wildman–Crippen LogP) is 1.76. The maximum atomic E-state index is 13.5. The second-order valence-electron chi connectivity index (χ2n) is 3.28. The molecule has 3 N–H and O–H groups in total. The Hall–Kier alpha value is -1.07. The fraction of sp³-hybridized carbons (Fsp3) is 0.400. The first-order valence-electron chi connectivity index (χ1n) is 4.45. The summed E-state index contributed by atoms with van der Waals surface area (Å²) in [5.41, 5.74) is 4.38. The minimum atomic E-state index is -3.60. The van der Waals surface area contributed by atoms with E-state index in [1.54, 1.807) is 0 Å². The second-order valence-corrected chi connectivity index (χ2v) is 3.28. The zero-order chi connectivity index (χ0) is 11.6. The lowest BCUT2D eigenvalue weighted by atomic mass is 10.0. The zero-order valence-electron chi connectivity index (χ0n) is 8.17. The van der Waals surface area contributed by atoms with Gasteiger partial charge < -0.3 is 10.8 Å². The first kappa shape index (κ1) is 12.0. The number of hydrogen-bond donors (Lipinski definition) is 2. The third-order valence-electron chi connectivity index (χ3n) is 2.18. The van der Waals surface area contributed by atoms with Crippen molar-refractivity contribution in [3.63, 3.8) is 0 Å². The molecule has 1 aromatic rings. The SMILES string of the molecule is CC(O)C(F)(F)c1cccc(CN)c1F. The minimum Gasteiger partial charge on any atom is -0.387 e. The van der Waals surface area contributed by atoms with Gasteiger partial charge in [-0.05, 0) is 13.0 Å². The van der Waals surface area contributed by atoms with Gasteiger partial charge in [0.1, 0.15) is 11.9 Å². The molecule has 1 rings (SSSR count). The van der Waals surface area contributed by atoms with Gasteiger partial charge in [-0.15, -0.1) is 0 Å². The standard InChI is InChI=1S/C10H12F3NO/c1-6(15)10(12,13)8-4-2-3-7(5-14)9(8)11/h2-4,6,15H,5,14H2,1H3. The summed E-state index contributed by atoms with van der Waals surface area (Å²) >= 11 is 0. The average Bonchev–Trinajstić information content (AvgIpc) is 2.17. The van der Waals surface area contributed by atoms with Crippen LogP contribution in [0.4, 0.5) is 13.2 Å². The summed E-state index contributed by atoms with van der Waals surface area (Å²) in [5.74, 6) is -4.65. The molecule has 0 saturated carbocycles. The van der Waals surface area contributed by atoms with E-state index in [1.807, 2.05) is 0 Å². The third-order valence-corrected chi connectivity index (χ3v) is 2.18. The van der Waals surface area contributed by atoms with Gasteiger partial charge in [-0.25, -0.2) is 4.39 Å². The van der Waals surface area contributed by atoms with Crippen molar-refractivity contribution in [3.8, 4) is 0 Å². The number of halogens is 3. The second kappa shape index (κ2) is 4.20. The number of hydrogen-bond acceptors (Lipinski definition) is 2. The molecule has 0 aromatic heterocycles. The predicted molar refractivity (Wildman–Crippen MR) is 49.9 cm³/mol. The van der Waals surface area contributed by atoms with E-state index in [2.05, 4.69) is 0 Å². The van der Waals surface area contributed by atoms with Crippen molar-refractivity contribution in [2.45, 2.75) is 25.5 Å². The van der Waals surface area contributed by atoms with Crippen LogP contribution in [0.5, 0.6) is 0 Å². The Morgan fingerprint density at radius 1 is 1.47 bits per heavy atom. The summed E-state index contributed by atoms with van der Waals surface area (Å²) in [6.07, 6.45) is -1.94. The van der Waals surface area contributed by atoms with Crippen molar-refractivity contribution in [2.75, 3.05) is 0 Å². The van der Waals surface area contributed by atoms with Gasteiger partial charge in [0.05, 0.1) is 5.56 Å². The van der Waals surface area contributed by atoms with Gasteiger partial charge in [-0.1, -0.05) is 12.1 Å². The van der Waals surface area contributed by atoms with Crippen LogP contribution in [0.3, 0.4) is 0 Å². The van der Waals surface area contributed by atoms with Crippen LogP contribution < -0.4 is 5.73 Å². The van der Waals surface area contributed by atoms with Crippen LogP contribution in [0, 0.1) is 5.82 Å².